The number of phenolic OH excluding ortho intramolecular Hbond substituents is 1. The Morgan fingerprint density at radius 2 is 1.88 bits per heavy atom. The molecule has 11 heteroatoms. The minimum absolute atomic E-state index is 0.0279. The Morgan fingerprint density at radius 1 is 1.25 bits per heavy atom. The van der Waals surface area contributed by atoms with Crippen molar-refractivity contribution in [3.63, 3.8) is 0 Å². The molecular formula is C21H22FN3O7. The number of allylic oxidation sites excluding steroid dienone is 1. The molecule has 0 fully saturated rings. The zero-order chi connectivity index (χ0) is 23.9. The van der Waals surface area contributed by atoms with E-state index in [2.05, 4.69) is 0 Å². The molecule has 0 radical (unpaired) electrons. The summed E-state index contributed by atoms with van der Waals surface area (Å²) in [6.07, 6.45) is -0.312. The van der Waals surface area contributed by atoms with Gasteiger partial charge < -0.3 is 36.8 Å². The largest absolute Gasteiger partial charge is 0.510 e. The van der Waals surface area contributed by atoms with Crippen molar-refractivity contribution < 1.29 is 39.2 Å². The van der Waals surface area contributed by atoms with Crippen LogP contribution >= 0.6 is 0 Å². The van der Waals surface area contributed by atoms with Crippen LogP contribution in [-0.4, -0.2) is 63.6 Å². The van der Waals surface area contributed by atoms with E-state index in [9.17, 15) is 39.2 Å². The summed E-state index contributed by atoms with van der Waals surface area (Å²) in [5.41, 5.74) is 6.56. The summed E-state index contributed by atoms with van der Waals surface area (Å²) in [5.74, 6) is -8.98. The number of nitrogens with zero attached hydrogens (tertiary/aromatic N) is 1. The van der Waals surface area contributed by atoms with Crippen LogP contribution in [0.1, 0.15) is 22.3 Å². The molecule has 1 aromatic rings. The van der Waals surface area contributed by atoms with E-state index in [0.717, 1.165) is 6.07 Å². The van der Waals surface area contributed by atoms with Crippen LogP contribution in [0.2, 0.25) is 0 Å². The number of rotatable bonds is 2. The van der Waals surface area contributed by atoms with E-state index in [-0.39, 0.29) is 35.2 Å². The molecule has 0 saturated heterocycles. The zero-order valence-corrected chi connectivity index (χ0v) is 17.2. The highest BCUT2D eigenvalue weighted by molar-refractivity contribution is 6.24. The summed E-state index contributed by atoms with van der Waals surface area (Å²) in [6.45, 7) is 0. The van der Waals surface area contributed by atoms with E-state index in [1.807, 2.05) is 0 Å². The lowest BCUT2D eigenvalue weighted by molar-refractivity contribution is -0.145. The fourth-order valence-corrected chi connectivity index (χ4v) is 5.06. The number of Topliss-reactive ketones (excluding diaryl/α,β-unsaturated/α-hetero) is 2. The van der Waals surface area contributed by atoms with Crippen molar-refractivity contribution in [2.24, 2.45) is 23.3 Å². The predicted molar refractivity (Wildman–Crippen MR) is 108 cm³/mol. The lowest BCUT2D eigenvalue weighted by Crippen LogP contribution is -2.63. The number of hydrogen-bond acceptors (Lipinski definition) is 9. The molecule has 8 N–H and O–H groups in total. The van der Waals surface area contributed by atoms with Crippen molar-refractivity contribution in [3.05, 3.63) is 45.7 Å². The van der Waals surface area contributed by atoms with Crippen LogP contribution in [0, 0.1) is 17.7 Å². The van der Waals surface area contributed by atoms with Gasteiger partial charge in [0, 0.05) is 37.2 Å². The number of fused-ring (bicyclic) bond motifs is 3. The van der Waals surface area contributed by atoms with Crippen molar-refractivity contribution in [1.29, 1.82) is 0 Å². The van der Waals surface area contributed by atoms with Crippen molar-refractivity contribution in [2.45, 2.75) is 24.5 Å². The summed E-state index contributed by atoms with van der Waals surface area (Å²) in [7, 11) is 3.07. The average Bonchev–Trinajstić information content (AvgIpc) is 2.70. The molecule has 0 heterocycles. The molecular weight excluding hydrogens is 425 g/mol. The Morgan fingerprint density at radius 3 is 2.44 bits per heavy atom. The van der Waals surface area contributed by atoms with E-state index in [1.165, 1.54) is 19.0 Å². The third-order valence-electron chi connectivity index (χ3n) is 6.66. The van der Waals surface area contributed by atoms with E-state index < -0.39 is 69.6 Å². The molecule has 1 aromatic carbocycles. The topological polar surface area (TPSA) is 187 Å². The first-order chi connectivity index (χ1) is 14.8. The molecule has 0 unspecified atom stereocenters. The molecule has 0 bridgehead atoms. The Bertz CT molecular complexity index is 1170. The number of ketones is 2. The number of hydrogen-bond donors (Lipinski definition) is 6. The van der Waals surface area contributed by atoms with E-state index in [1.54, 1.807) is 0 Å². The highest BCUT2D eigenvalue weighted by atomic mass is 19.1. The predicted octanol–water partition coefficient (Wildman–Crippen LogP) is -0.277. The Balaban J connectivity index is 1.96. The highest BCUT2D eigenvalue weighted by Gasteiger charge is 2.62. The Kier molecular flexibility index (Phi) is 4.61. The molecule has 10 nitrogen and oxygen atoms in total. The van der Waals surface area contributed by atoms with Crippen LogP contribution < -0.4 is 16.4 Å². The van der Waals surface area contributed by atoms with Gasteiger partial charge in [0.25, 0.3) is 5.91 Å². The van der Waals surface area contributed by atoms with Gasteiger partial charge in [-0.2, -0.15) is 0 Å². The molecule has 32 heavy (non-hydrogen) atoms. The maximum absolute atomic E-state index is 14.9. The third kappa shape index (κ3) is 2.55. The SMILES string of the molecule is CN(C)c1cc(F)c2c(c1O)C(=O)C1=C(O)[C@]3(O)C(=O)C(C(N)=O)=C(O)[C@@H](N)[C@@H]3C[C@@H]1C2. The number of benzene rings is 1. The molecule has 1 amide bonds. The monoisotopic (exact) mass is 447 g/mol. The number of halogens is 1. The van der Waals surface area contributed by atoms with Gasteiger partial charge in [0.2, 0.25) is 5.78 Å². The van der Waals surface area contributed by atoms with Gasteiger partial charge in [-0.15, -0.1) is 0 Å². The van der Waals surface area contributed by atoms with E-state index >= 15 is 0 Å². The second-order valence-electron chi connectivity index (χ2n) is 8.55. The maximum atomic E-state index is 14.9. The van der Waals surface area contributed by atoms with Crippen molar-refractivity contribution in [3.8, 4) is 5.75 Å². The molecule has 3 aliphatic carbocycles. The van der Waals surface area contributed by atoms with Crippen molar-refractivity contribution >= 4 is 23.2 Å². The molecule has 0 saturated carbocycles. The number of primary amides is 1. The number of aliphatic hydroxyl groups excluding tert-OH is 2. The zero-order valence-electron chi connectivity index (χ0n) is 17.2. The van der Waals surface area contributed by atoms with Crippen LogP contribution in [0.5, 0.6) is 5.75 Å². The molecule has 3 aliphatic rings. The summed E-state index contributed by atoms with van der Waals surface area (Å²) in [6, 6.07) is -0.367. The summed E-state index contributed by atoms with van der Waals surface area (Å²) >= 11 is 0. The molecule has 4 rings (SSSR count). The standard InChI is InChI=1S/C21H22FN3O7/c1-25(2)10-5-9(22)7-3-6-4-8-14(23)17(28)13(20(24)31)19(30)21(8,32)18(29)11(6)16(27)12(7)15(10)26/h5-6,8,14,26,28-29,32H,3-4,23H2,1-2H3,(H2,24,31)/t6-,8-,14-,21-/m0/s1. The van der Waals surface area contributed by atoms with Crippen molar-refractivity contribution in [1.82, 2.24) is 0 Å². The van der Waals surface area contributed by atoms with Gasteiger partial charge in [0.05, 0.1) is 17.3 Å². The molecule has 0 spiro atoms. The van der Waals surface area contributed by atoms with Gasteiger partial charge in [0.15, 0.2) is 17.1 Å². The quantitative estimate of drug-likeness (QED) is 0.331. The summed E-state index contributed by atoms with van der Waals surface area (Å²) in [4.78, 5) is 39.4. The van der Waals surface area contributed by atoms with E-state index in [0.29, 0.717) is 0 Å². The smallest absolute Gasteiger partial charge is 0.255 e. The number of carbonyl (C=O) groups excluding carboxylic acids is 3. The lowest BCUT2D eigenvalue weighted by Gasteiger charge is -2.47. The van der Waals surface area contributed by atoms with Gasteiger partial charge in [-0.25, -0.2) is 4.39 Å². The molecule has 0 aromatic heterocycles. The number of carbonyl (C=O) groups is 3. The van der Waals surface area contributed by atoms with Crippen molar-refractivity contribution in [2.75, 3.05) is 19.0 Å². The first-order valence-corrected chi connectivity index (χ1v) is 9.79. The van der Waals surface area contributed by atoms with E-state index in [4.69, 9.17) is 11.5 Å². The highest BCUT2D eigenvalue weighted by Crippen LogP contribution is 2.52. The number of aromatic hydroxyl groups is 1. The van der Waals surface area contributed by atoms with Gasteiger partial charge in [-0.3, -0.25) is 14.4 Å². The van der Waals surface area contributed by atoms with Crippen LogP contribution in [0.3, 0.4) is 0 Å². The first-order valence-electron chi connectivity index (χ1n) is 9.79. The lowest BCUT2D eigenvalue weighted by atomic mass is 9.59. The number of nitrogens with two attached hydrogens (primary N) is 2. The summed E-state index contributed by atoms with van der Waals surface area (Å²) in [5, 5.41) is 43.1. The van der Waals surface area contributed by atoms with Crippen LogP contribution in [0.25, 0.3) is 0 Å². The molecule has 170 valence electrons. The maximum Gasteiger partial charge on any atom is 0.255 e. The number of phenols is 1. The number of anilines is 1. The van der Waals surface area contributed by atoms with Gasteiger partial charge in [-0.05, 0) is 18.8 Å². The minimum Gasteiger partial charge on any atom is -0.510 e. The Labute approximate surface area is 181 Å². The minimum atomic E-state index is -2.79. The average molecular weight is 447 g/mol. The second kappa shape index (κ2) is 6.78. The molecule has 0 aliphatic heterocycles. The van der Waals surface area contributed by atoms with Gasteiger partial charge in [0.1, 0.15) is 22.9 Å². The second-order valence-corrected chi connectivity index (χ2v) is 8.55. The summed E-state index contributed by atoms with van der Waals surface area (Å²) < 4.78 is 14.9. The Hall–Kier alpha value is -3.44. The fraction of sp³-hybridized carbons (Fsp3) is 0.381. The number of amides is 1. The normalized spacial score (nSPS) is 29.5. The fourth-order valence-electron chi connectivity index (χ4n) is 5.06. The van der Waals surface area contributed by atoms with Gasteiger partial charge >= 0.3 is 0 Å². The van der Waals surface area contributed by atoms with Crippen LogP contribution in [-0.2, 0) is 16.0 Å². The number of aliphatic hydroxyl groups is 3. The van der Waals surface area contributed by atoms with Crippen LogP contribution in [0.15, 0.2) is 28.7 Å². The molecule has 4 atom stereocenters. The van der Waals surface area contributed by atoms with Crippen LogP contribution in [0.4, 0.5) is 10.1 Å². The first kappa shape index (κ1) is 21.8. The van der Waals surface area contributed by atoms with Gasteiger partial charge in [-0.1, -0.05) is 0 Å². The third-order valence-corrected chi connectivity index (χ3v) is 6.66.